The van der Waals surface area contributed by atoms with E-state index in [2.05, 4.69) is 104 Å². The fourth-order valence-corrected chi connectivity index (χ4v) is 5.25. The molecule has 178 valence electrons. The summed E-state index contributed by atoms with van der Waals surface area (Å²) in [5.74, 6) is -1.17. The summed E-state index contributed by atoms with van der Waals surface area (Å²) < 4.78 is 2.30. The van der Waals surface area contributed by atoms with Crippen molar-refractivity contribution in [1.82, 2.24) is 4.57 Å². The summed E-state index contributed by atoms with van der Waals surface area (Å²) in [5, 5.41) is 21.2. The molecule has 1 N–H and O–H groups in total. The predicted molar refractivity (Wildman–Crippen MR) is 146 cm³/mol. The Bertz CT molecular complexity index is 1640. The van der Waals surface area contributed by atoms with Crippen LogP contribution in [-0.4, -0.2) is 15.6 Å². The van der Waals surface area contributed by atoms with Crippen LogP contribution in [0.1, 0.15) is 37.8 Å². The van der Waals surface area contributed by atoms with Crippen molar-refractivity contribution in [2.75, 3.05) is 0 Å². The zero-order valence-electron chi connectivity index (χ0n) is 20.7. The molecule has 0 atom stereocenters. The molecule has 1 aliphatic rings. The molecule has 1 aromatic heterocycles. The van der Waals surface area contributed by atoms with Crippen LogP contribution in [0, 0.1) is 23.7 Å². The van der Waals surface area contributed by atoms with Crippen LogP contribution in [0.3, 0.4) is 0 Å². The molecular formula is C32H28N2O2. The minimum atomic E-state index is -1.17. The van der Waals surface area contributed by atoms with Gasteiger partial charge >= 0.3 is 5.97 Å². The van der Waals surface area contributed by atoms with Crippen LogP contribution in [0.25, 0.3) is 33.6 Å². The van der Waals surface area contributed by atoms with Crippen LogP contribution in [-0.2, 0) is 4.79 Å². The molecule has 0 radical (unpaired) electrons. The van der Waals surface area contributed by atoms with Crippen molar-refractivity contribution < 1.29 is 9.90 Å². The maximum absolute atomic E-state index is 11.5. The van der Waals surface area contributed by atoms with Crippen LogP contribution in [0.15, 0.2) is 95.6 Å². The van der Waals surface area contributed by atoms with E-state index in [9.17, 15) is 15.2 Å². The van der Waals surface area contributed by atoms with Gasteiger partial charge in [-0.05, 0) is 72.2 Å². The Morgan fingerprint density at radius 3 is 2.42 bits per heavy atom. The summed E-state index contributed by atoms with van der Waals surface area (Å²) in [6.07, 6.45) is 7.40. The zero-order chi connectivity index (χ0) is 25.4. The standard InChI is InChI=1S/C32H28N2O2/c1-21-8-13-25(14-9-21)34-29-7-5-4-6-26(29)27-17-22(12-15-30(27)34)10-11-23-16-24(19-32(2,3)18-23)28(20-33)31(35)36/h4-17H,18-19H2,1-3H3,(H,35,36)/b11-10+,28-24-. The lowest BCUT2D eigenvalue weighted by molar-refractivity contribution is -0.132. The highest BCUT2D eigenvalue weighted by Crippen LogP contribution is 2.40. The Morgan fingerprint density at radius 2 is 1.69 bits per heavy atom. The highest BCUT2D eigenvalue weighted by atomic mass is 16.4. The van der Waals surface area contributed by atoms with Gasteiger partial charge in [-0.3, -0.25) is 0 Å². The topological polar surface area (TPSA) is 66.0 Å². The quantitative estimate of drug-likeness (QED) is 0.244. The molecular weight excluding hydrogens is 444 g/mol. The van der Waals surface area contributed by atoms with Crippen molar-refractivity contribution >= 4 is 33.9 Å². The number of benzene rings is 3. The smallest absolute Gasteiger partial charge is 0.346 e. The number of hydrogen-bond donors (Lipinski definition) is 1. The van der Waals surface area contributed by atoms with Gasteiger partial charge in [0.25, 0.3) is 0 Å². The molecule has 0 bridgehead atoms. The van der Waals surface area contributed by atoms with Gasteiger partial charge in [0.05, 0.1) is 11.0 Å². The number of carboxylic acids is 1. The van der Waals surface area contributed by atoms with E-state index >= 15 is 0 Å². The summed E-state index contributed by atoms with van der Waals surface area (Å²) in [4.78, 5) is 11.5. The van der Waals surface area contributed by atoms with Gasteiger partial charge in [0, 0.05) is 16.5 Å². The molecule has 4 nitrogen and oxygen atoms in total. The molecule has 4 heteroatoms. The van der Waals surface area contributed by atoms with Gasteiger partial charge in [-0.15, -0.1) is 0 Å². The van der Waals surface area contributed by atoms with Gasteiger partial charge in [0.2, 0.25) is 0 Å². The summed E-state index contributed by atoms with van der Waals surface area (Å²) in [7, 11) is 0. The molecule has 4 aromatic rings. The second kappa shape index (κ2) is 9.02. The Morgan fingerprint density at radius 1 is 0.972 bits per heavy atom. The summed E-state index contributed by atoms with van der Waals surface area (Å²) in [6.45, 7) is 6.31. The third-order valence-corrected chi connectivity index (χ3v) is 6.84. The Labute approximate surface area is 211 Å². The number of nitrogens with zero attached hydrogens (tertiary/aromatic N) is 2. The molecule has 5 rings (SSSR count). The maximum atomic E-state index is 11.5. The van der Waals surface area contributed by atoms with E-state index < -0.39 is 5.97 Å². The Balaban J connectivity index is 1.58. The lowest BCUT2D eigenvalue weighted by Crippen LogP contribution is -2.19. The maximum Gasteiger partial charge on any atom is 0.346 e. The van der Waals surface area contributed by atoms with Gasteiger partial charge in [0.15, 0.2) is 0 Å². The van der Waals surface area contributed by atoms with Crippen molar-refractivity contribution in [3.05, 3.63) is 107 Å². The summed E-state index contributed by atoms with van der Waals surface area (Å²) >= 11 is 0. The predicted octanol–water partition coefficient (Wildman–Crippen LogP) is 7.76. The minimum absolute atomic E-state index is 0.118. The zero-order valence-corrected chi connectivity index (χ0v) is 20.7. The number of para-hydroxylation sites is 1. The van der Waals surface area contributed by atoms with Crippen LogP contribution < -0.4 is 0 Å². The van der Waals surface area contributed by atoms with Crippen molar-refractivity contribution in [3.8, 4) is 11.8 Å². The molecule has 1 aliphatic carbocycles. The molecule has 0 spiro atoms. The fourth-order valence-electron chi connectivity index (χ4n) is 5.25. The number of aromatic nitrogens is 1. The Kier molecular flexibility index (Phi) is 5.86. The van der Waals surface area contributed by atoms with Crippen molar-refractivity contribution in [2.45, 2.75) is 33.6 Å². The van der Waals surface area contributed by atoms with E-state index in [1.54, 1.807) is 0 Å². The number of aryl methyl sites for hydroxylation is 1. The monoisotopic (exact) mass is 472 g/mol. The van der Waals surface area contributed by atoms with Crippen LogP contribution in [0.4, 0.5) is 0 Å². The summed E-state index contributed by atoms with van der Waals surface area (Å²) in [5.41, 5.74) is 7.09. The average Bonchev–Trinajstić information content (AvgIpc) is 3.16. The molecule has 0 amide bonds. The second-order valence-corrected chi connectivity index (χ2v) is 10.4. The first-order chi connectivity index (χ1) is 17.3. The van der Waals surface area contributed by atoms with E-state index in [1.807, 2.05) is 12.1 Å². The minimum Gasteiger partial charge on any atom is -0.477 e. The highest BCUT2D eigenvalue weighted by molar-refractivity contribution is 6.09. The number of rotatable bonds is 4. The first-order valence-corrected chi connectivity index (χ1v) is 12.1. The van der Waals surface area contributed by atoms with Gasteiger partial charge in [0.1, 0.15) is 11.6 Å². The molecule has 0 saturated carbocycles. The van der Waals surface area contributed by atoms with Crippen molar-refractivity contribution in [2.24, 2.45) is 5.41 Å². The highest BCUT2D eigenvalue weighted by Gasteiger charge is 2.28. The number of allylic oxidation sites excluding steroid dienone is 4. The average molecular weight is 473 g/mol. The molecule has 36 heavy (non-hydrogen) atoms. The first-order valence-electron chi connectivity index (χ1n) is 12.1. The van der Waals surface area contributed by atoms with Gasteiger partial charge in [-0.1, -0.05) is 74.0 Å². The summed E-state index contributed by atoms with van der Waals surface area (Å²) in [6, 6.07) is 25.4. The van der Waals surface area contributed by atoms with Crippen LogP contribution in [0.5, 0.6) is 0 Å². The third kappa shape index (κ3) is 4.36. The normalized spacial score (nSPS) is 16.8. The van der Waals surface area contributed by atoms with Crippen molar-refractivity contribution in [1.29, 1.82) is 5.26 Å². The van der Waals surface area contributed by atoms with Gasteiger partial charge < -0.3 is 9.67 Å². The first kappa shape index (κ1) is 23.4. The number of fused-ring (bicyclic) bond motifs is 3. The number of aliphatic carboxylic acids is 1. The molecule has 1 heterocycles. The molecule has 3 aromatic carbocycles. The Hall–Kier alpha value is -4.36. The lowest BCUT2D eigenvalue weighted by atomic mass is 9.74. The number of carboxylic acid groups (broad SMARTS) is 1. The second-order valence-electron chi connectivity index (χ2n) is 10.4. The molecule has 0 saturated heterocycles. The lowest BCUT2D eigenvalue weighted by Gasteiger charge is -2.30. The van der Waals surface area contributed by atoms with Gasteiger partial charge in [-0.25, -0.2) is 4.79 Å². The van der Waals surface area contributed by atoms with Crippen LogP contribution >= 0.6 is 0 Å². The molecule has 0 fully saturated rings. The number of nitriles is 1. The van der Waals surface area contributed by atoms with Gasteiger partial charge in [-0.2, -0.15) is 5.26 Å². The van der Waals surface area contributed by atoms with Crippen LogP contribution in [0.2, 0.25) is 0 Å². The third-order valence-electron chi connectivity index (χ3n) is 6.84. The molecule has 0 aliphatic heterocycles. The van der Waals surface area contributed by atoms with Crippen molar-refractivity contribution in [3.63, 3.8) is 0 Å². The van der Waals surface area contributed by atoms with E-state index in [0.717, 1.165) is 28.8 Å². The SMILES string of the molecule is Cc1ccc(-n2c3ccccc3c3cc(/C=C/C4=CC(=C(\C#N)C(=O)O)/CC(C)(C)C4)ccc32)cc1. The fraction of sp³-hybridized carbons (Fsp3) is 0.188. The largest absolute Gasteiger partial charge is 0.477 e. The van der Waals surface area contributed by atoms with E-state index in [-0.39, 0.29) is 11.0 Å². The van der Waals surface area contributed by atoms with E-state index in [4.69, 9.17) is 0 Å². The molecule has 0 unspecified atom stereocenters. The number of carbonyl (C=O) groups is 1. The number of hydrogen-bond acceptors (Lipinski definition) is 2. The van der Waals surface area contributed by atoms with E-state index in [1.165, 1.54) is 21.9 Å². The van der Waals surface area contributed by atoms with E-state index in [0.29, 0.717) is 12.0 Å².